The van der Waals surface area contributed by atoms with Crippen molar-refractivity contribution in [3.05, 3.63) is 0 Å². The highest BCUT2D eigenvalue weighted by Crippen LogP contribution is 2.20. The summed E-state index contributed by atoms with van der Waals surface area (Å²) in [6.07, 6.45) is 5.14. The lowest BCUT2D eigenvalue weighted by molar-refractivity contribution is -0.149. The highest BCUT2D eigenvalue weighted by Gasteiger charge is 2.31. The molecule has 0 spiro atoms. The molecule has 5 heteroatoms. The topological polar surface area (TPSA) is 49.9 Å². The molecule has 0 aromatic rings. The fourth-order valence-electron chi connectivity index (χ4n) is 2.89. The van der Waals surface area contributed by atoms with Gasteiger partial charge in [0.05, 0.1) is 12.5 Å². The lowest BCUT2D eigenvalue weighted by atomic mass is 9.98. The van der Waals surface area contributed by atoms with Crippen LogP contribution in [0.4, 0.5) is 4.79 Å². The Morgan fingerprint density at radius 1 is 1.05 bits per heavy atom. The van der Waals surface area contributed by atoms with Crippen LogP contribution in [0.2, 0.25) is 0 Å². The molecule has 2 rings (SSSR count). The van der Waals surface area contributed by atoms with Crippen molar-refractivity contribution in [1.82, 2.24) is 9.80 Å². The minimum Gasteiger partial charge on any atom is -0.466 e. The smallest absolute Gasteiger partial charge is 0.320 e. The molecule has 0 N–H and O–H groups in total. The number of amides is 2. The first kappa shape index (κ1) is 14.2. The van der Waals surface area contributed by atoms with E-state index in [4.69, 9.17) is 4.74 Å². The third-order valence-electron chi connectivity index (χ3n) is 3.94. The molecule has 2 aliphatic rings. The van der Waals surface area contributed by atoms with Gasteiger partial charge in [0.25, 0.3) is 0 Å². The highest BCUT2D eigenvalue weighted by atomic mass is 16.5. The lowest BCUT2D eigenvalue weighted by Crippen LogP contribution is -2.50. The van der Waals surface area contributed by atoms with E-state index in [0.29, 0.717) is 13.2 Å². The van der Waals surface area contributed by atoms with Crippen LogP contribution in [0.25, 0.3) is 0 Å². The standard InChI is InChI=1S/C14H24N2O3/c1-2-19-13(17)12-7-6-10-16(11-12)14(18)15-8-4-3-5-9-15/h12H,2-11H2,1H3/t12-/m1/s1. The van der Waals surface area contributed by atoms with Crippen molar-refractivity contribution in [1.29, 1.82) is 0 Å². The van der Waals surface area contributed by atoms with Gasteiger partial charge in [-0.25, -0.2) is 4.79 Å². The number of urea groups is 1. The normalized spacial score (nSPS) is 24.2. The number of likely N-dealkylation sites (tertiary alicyclic amines) is 2. The summed E-state index contributed by atoms with van der Waals surface area (Å²) < 4.78 is 5.06. The molecule has 0 aromatic heterocycles. The van der Waals surface area contributed by atoms with Crippen LogP contribution in [-0.4, -0.2) is 54.6 Å². The van der Waals surface area contributed by atoms with E-state index in [2.05, 4.69) is 0 Å². The summed E-state index contributed by atoms with van der Waals surface area (Å²) in [4.78, 5) is 27.9. The van der Waals surface area contributed by atoms with E-state index in [-0.39, 0.29) is 17.9 Å². The predicted molar refractivity (Wildman–Crippen MR) is 71.8 cm³/mol. The van der Waals surface area contributed by atoms with Gasteiger partial charge in [0.1, 0.15) is 0 Å². The number of hydrogen-bond acceptors (Lipinski definition) is 3. The largest absolute Gasteiger partial charge is 0.466 e. The molecule has 0 radical (unpaired) electrons. The zero-order chi connectivity index (χ0) is 13.7. The first-order valence-corrected chi connectivity index (χ1v) is 7.43. The highest BCUT2D eigenvalue weighted by molar-refractivity contribution is 5.77. The molecule has 0 aromatic carbocycles. The van der Waals surface area contributed by atoms with Crippen molar-refractivity contribution in [3.63, 3.8) is 0 Å². The van der Waals surface area contributed by atoms with Gasteiger partial charge in [0.2, 0.25) is 0 Å². The number of nitrogens with zero attached hydrogens (tertiary/aromatic N) is 2. The lowest BCUT2D eigenvalue weighted by Gasteiger charge is -2.37. The van der Waals surface area contributed by atoms with Crippen LogP contribution in [0.5, 0.6) is 0 Å². The van der Waals surface area contributed by atoms with Crippen LogP contribution in [0.1, 0.15) is 39.0 Å². The van der Waals surface area contributed by atoms with E-state index in [9.17, 15) is 9.59 Å². The molecular formula is C14H24N2O3. The maximum absolute atomic E-state index is 12.4. The summed E-state index contributed by atoms with van der Waals surface area (Å²) in [5.74, 6) is -0.291. The van der Waals surface area contributed by atoms with Gasteiger partial charge in [0.15, 0.2) is 0 Å². The quantitative estimate of drug-likeness (QED) is 0.718. The molecule has 5 nitrogen and oxygen atoms in total. The number of carbonyl (C=O) groups excluding carboxylic acids is 2. The van der Waals surface area contributed by atoms with E-state index in [1.54, 1.807) is 0 Å². The van der Waals surface area contributed by atoms with Gasteiger partial charge in [-0.05, 0) is 39.0 Å². The minimum atomic E-state index is -0.154. The van der Waals surface area contributed by atoms with Crippen molar-refractivity contribution >= 4 is 12.0 Å². The molecular weight excluding hydrogens is 244 g/mol. The van der Waals surface area contributed by atoms with Gasteiger partial charge in [0, 0.05) is 26.2 Å². The Hall–Kier alpha value is -1.26. The molecule has 0 saturated carbocycles. The Kier molecular flexibility index (Phi) is 5.05. The summed E-state index contributed by atoms with van der Waals surface area (Å²) in [6, 6.07) is 0.105. The van der Waals surface area contributed by atoms with Crippen LogP contribution in [0.3, 0.4) is 0 Å². The van der Waals surface area contributed by atoms with Crippen molar-refractivity contribution < 1.29 is 14.3 Å². The van der Waals surface area contributed by atoms with Crippen molar-refractivity contribution in [2.75, 3.05) is 32.8 Å². The molecule has 19 heavy (non-hydrogen) atoms. The van der Waals surface area contributed by atoms with Crippen LogP contribution in [-0.2, 0) is 9.53 Å². The molecule has 0 bridgehead atoms. The molecule has 1 atom stereocenters. The van der Waals surface area contributed by atoms with E-state index in [1.165, 1.54) is 6.42 Å². The molecule has 2 aliphatic heterocycles. The first-order valence-electron chi connectivity index (χ1n) is 7.43. The van der Waals surface area contributed by atoms with Crippen LogP contribution >= 0.6 is 0 Å². The predicted octanol–water partition coefficient (Wildman–Crippen LogP) is 1.87. The molecule has 2 fully saturated rings. The second-order valence-corrected chi connectivity index (χ2v) is 5.37. The third kappa shape index (κ3) is 3.61. The van der Waals surface area contributed by atoms with E-state index < -0.39 is 0 Å². The van der Waals surface area contributed by atoms with Gasteiger partial charge >= 0.3 is 12.0 Å². The molecule has 2 amide bonds. The van der Waals surface area contributed by atoms with Gasteiger partial charge in [-0.15, -0.1) is 0 Å². The average molecular weight is 268 g/mol. The second-order valence-electron chi connectivity index (χ2n) is 5.37. The molecule has 2 heterocycles. The fourth-order valence-corrected chi connectivity index (χ4v) is 2.89. The third-order valence-corrected chi connectivity index (χ3v) is 3.94. The molecule has 108 valence electrons. The maximum atomic E-state index is 12.4. The van der Waals surface area contributed by atoms with Crippen LogP contribution in [0, 0.1) is 5.92 Å². The maximum Gasteiger partial charge on any atom is 0.320 e. The fraction of sp³-hybridized carbons (Fsp3) is 0.857. The Morgan fingerprint density at radius 2 is 1.74 bits per heavy atom. The van der Waals surface area contributed by atoms with E-state index in [0.717, 1.165) is 45.3 Å². The summed E-state index contributed by atoms with van der Waals surface area (Å²) in [6.45, 7) is 5.24. The van der Waals surface area contributed by atoms with Gasteiger partial charge in [-0.3, -0.25) is 4.79 Å². The zero-order valence-corrected chi connectivity index (χ0v) is 11.8. The zero-order valence-electron chi connectivity index (χ0n) is 11.8. The molecule has 2 saturated heterocycles. The van der Waals surface area contributed by atoms with E-state index >= 15 is 0 Å². The van der Waals surface area contributed by atoms with Crippen molar-refractivity contribution in [2.45, 2.75) is 39.0 Å². The Bertz CT molecular complexity index is 327. The first-order chi connectivity index (χ1) is 9.22. The SMILES string of the molecule is CCOC(=O)[C@@H]1CCCN(C(=O)N2CCCCC2)C1. The number of carbonyl (C=O) groups is 2. The summed E-state index contributed by atoms with van der Waals surface area (Å²) in [5.41, 5.74) is 0. The summed E-state index contributed by atoms with van der Waals surface area (Å²) in [7, 11) is 0. The second kappa shape index (κ2) is 6.78. The van der Waals surface area contributed by atoms with Crippen molar-refractivity contribution in [3.8, 4) is 0 Å². The van der Waals surface area contributed by atoms with Crippen molar-refractivity contribution in [2.24, 2.45) is 5.92 Å². The average Bonchev–Trinajstić information content (AvgIpc) is 2.48. The summed E-state index contributed by atoms with van der Waals surface area (Å²) in [5, 5.41) is 0. The number of rotatable bonds is 2. The Labute approximate surface area is 114 Å². The number of esters is 1. The monoisotopic (exact) mass is 268 g/mol. The Morgan fingerprint density at radius 3 is 2.42 bits per heavy atom. The van der Waals surface area contributed by atoms with Gasteiger partial charge < -0.3 is 14.5 Å². The minimum absolute atomic E-state index is 0.105. The number of piperidine rings is 2. The number of ether oxygens (including phenoxy) is 1. The van der Waals surface area contributed by atoms with Gasteiger partial charge in [-0.1, -0.05) is 0 Å². The van der Waals surface area contributed by atoms with Crippen LogP contribution < -0.4 is 0 Å². The van der Waals surface area contributed by atoms with Crippen LogP contribution in [0.15, 0.2) is 0 Å². The number of hydrogen-bond donors (Lipinski definition) is 0. The molecule has 0 aliphatic carbocycles. The Balaban J connectivity index is 1.89. The molecule has 0 unspecified atom stereocenters. The summed E-state index contributed by atoms with van der Waals surface area (Å²) >= 11 is 0. The van der Waals surface area contributed by atoms with E-state index in [1.807, 2.05) is 16.7 Å². The van der Waals surface area contributed by atoms with Gasteiger partial charge in [-0.2, -0.15) is 0 Å².